The average molecular weight is 645 g/mol. The van der Waals surface area contributed by atoms with Crippen LogP contribution in [0.5, 0.6) is 0 Å². The Balaban J connectivity index is 1.27. The summed E-state index contributed by atoms with van der Waals surface area (Å²) in [6, 6.07) is 36.4. The molecule has 242 valence electrons. The second-order valence-corrected chi connectivity index (χ2v) is 13.6. The van der Waals surface area contributed by atoms with Gasteiger partial charge in [-0.3, -0.25) is 0 Å². The molecule has 0 amide bonds. The van der Waals surface area contributed by atoms with Crippen molar-refractivity contribution in [2.75, 3.05) is 9.80 Å². The van der Waals surface area contributed by atoms with Gasteiger partial charge in [0.25, 0.3) is 0 Å². The van der Waals surface area contributed by atoms with Crippen molar-refractivity contribution in [3.8, 4) is 0 Å². The SMILES string of the molecule is C=C/C=C\C(=C)N(c1ccc2c(c1)C=CCC2)c1ccc2ccc3c(N(C4=CCCC=C4)c4ccc5ccccc5c4)ccc4c3c2c1CC4. The maximum Gasteiger partial charge on any atom is 0.0540 e. The molecule has 0 fully saturated rings. The normalized spacial score (nSPS) is 14.8. The number of anilines is 4. The first-order valence-corrected chi connectivity index (χ1v) is 17.9. The highest BCUT2D eigenvalue weighted by molar-refractivity contribution is 6.17. The number of nitrogens with zero attached hydrogens (tertiary/aromatic N) is 2. The molecule has 0 aromatic heterocycles. The number of hydrogen-bond acceptors (Lipinski definition) is 2. The van der Waals surface area contributed by atoms with Crippen LogP contribution in [0.3, 0.4) is 0 Å². The van der Waals surface area contributed by atoms with Gasteiger partial charge in [0, 0.05) is 33.8 Å². The first-order chi connectivity index (χ1) is 24.7. The van der Waals surface area contributed by atoms with Crippen molar-refractivity contribution in [1.82, 2.24) is 0 Å². The van der Waals surface area contributed by atoms with Crippen molar-refractivity contribution >= 4 is 61.1 Å². The van der Waals surface area contributed by atoms with E-state index >= 15 is 0 Å². The predicted octanol–water partition coefficient (Wildman–Crippen LogP) is 13.0. The van der Waals surface area contributed by atoms with E-state index in [1.54, 1.807) is 0 Å². The van der Waals surface area contributed by atoms with Gasteiger partial charge in [-0.1, -0.05) is 110 Å². The highest BCUT2D eigenvalue weighted by Gasteiger charge is 2.26. The molecule has 3 aliphatic rings. The topological polar surface area (TPSA) is 6.48 Å². The lowest BCUT2D eigenvalue weighted by molar-refractivity contribution is 0.959. The molecule has 0 spiro atoms. The van der Waals surface area contributed by atoms with Gasteiger partial charge in [-0.15, -0.1) is 0 Å². The molecule has 0 unspecified atom stereocenters. The Morgan fingerprint density at radius 2 is 1.44 bits per heavy atom. The molecule has 0 atom stereocenters. The molecule has 50 heavy (non-hydrogen) atoms. The highest BCUT2D eigenvalue weighted by Crippen LogP contribution is 2.47. The lowest BCUT2D eigenvalue weighted by atomic mass is 9.84. The van der Waals surface area contributed by atoms with Crippen LogP contribution in [0.25, 0.3) is 38.4 Å². The Labute approximate surface area is 295 Å². The molecule has 6 aromatic rings. The highest BCUT2D eigenvalue weighted by atomic mass is 15.2. The second-order valence-electron chi connectivity index (χ2n) is 13.6. The molecule has 0 radical (unpaired) electrons. The smallest absolute Gasteiger partial charge is 0.0540 e. The van der Waals surface area contributed by atoms with Crippen molar-refractivity contribution in [1.29, 1.82) is 0 Å². The fourth-order valence-electron chi connectivity index (χ4n) is 8.28. The lowest BCUT2D eigenvalue weighted by Crippen LogP contribution is -2.19. The van der Waals surface area contributed by atoms with Crippen LogP contribution in [-0.2, 0) is 19.3 Å². The summed E-state index contributed by atoms with van der Waals surface area (Å²) in [5.74, 6) is 0. The standard InChI is InChI=1S/C48H40N2/c1-3-4-12-33(2)49(41-25-19-34-13-8-10-15-38(34)31-41)45-29-23-36-22-28-44-46(30-24-37-21-27-43(45)47(36)48(37)44)50(40-17-6-5-7-18-40)42-26-20-35-14-9-11-16-39(35)32-42/h3-4,6,9-12,14-20,22-26,28-32H,1-2,5,7-8,13,21,27H2/b12-4-. The molecular weight excluding hydrogens is 605 g/mol. The zero-order valence-corrected chi connectivity index (χ0v) is 28.4. The molecule has 0 aliphatic heterocycles. The summed E-state index contributed by atoms with van der Waals surface area (Å²) in [5.41, 5.74) is 12.4. The molecule has 9 rings (SSSR count). The fraction of sp³-hybridized carbons (Fsp3) is 0.125. The summed E-state index contributed by atoms with van der Waals surface area (Å²) >= 11 is 0. The quantitative estimate of drug-likeness (QED) is 0.120. The first-order valence-electron chi connectivity index (χ1n) is 17.9. The third-order valence-corrected chi connectivity index (χ3v) is 10.6. The molecule has 0 N–H and O–H groups in total. The van der Waals surface area contributed by atoms with E-state index in [-0.39, 0.29) is 0 Å². The van der Waals surface area contributed by atoms with Gasteiger partial charge >= 0.3 is 0 Å². The van der Waals surface area contributed by atoms with Crippen molar-refractivity contribution < 1.29 is 0 Å². The summed E-state index contributed by atoms with van der Waals surface area (Å²) in [6.07, 6.45) is 23.7. The molecule has 2 nitrogen and oxygen atoms in total. The Bertz CT molecular complexity index is 2490. The van der Waals surface area contributed by atoms with Crippen LogP contribution in [0.4, 0.5) is 22.7 Å². The fourth-order valence-corrected chi connectivity index (χ4v) is 8.28. The van der Waals surface area contributed by atoms with Gasteiger partial charge in [0.15, 0.2) is 0 Å². The Morgan fingerprint density at radius 3 is 2.32 bits per heavy atom. The van der Waals surface area contributed by atoms with Crippen LogP contribution < -0.4 is 9.80 Å². The van der Waals surface area contributed by atoms with E-state index in [9.17, 15) is 0 Å². The van der Waals surface area contributed by atoms with Crippen LogP contribution in [0.1, 0.15) is 41.5 Å². The number of fused-ring (bicyclic) bond motifs is 2. The minimum absolute atomic E-state index is 0.922. The average Bonchev–Trinajstić information content (AvgIpc) is 3.17. The Hall–Kier alpha value is -5.86. The Kier molecular flexibility index (Phi) is 7.58. The zero-order valence-electron chi connectivity index (χ0n) is 28.4. The minimum atomic E-state index is 0.922. The molecule has 3 aliphatic carbocycles. The molecule has 0 heterocycles. The summed E-state index contributed by atoms with van der Waals surface area (Å²) in [4.78, 5) is 4.82. The van der Waals surface area contributed by atoms with Crippen molar-refractivity contribution in [2.45, 2.75) is 38.5 Å². The monoisotopic (exact) mass is 644 g/mol. The van der Waals surface area contributed by atoms with Crippen molar-refractivity contribution in [3.05, 3.63) is 186 Å². The third-order valence-electron chi connectivity index (χ3n) is 10.6. The van der Waals surface area contributed by atoms with E-state index in [1.165, 1.54) is 77.3 Å². The summed E-state index contributed by atoms with van der Waals surface area (Å²) in [6.45, 7) is 8.53. The molecular formula is C48H40N2. The molecule has 0 bridgehead atoms. The van der Waals surface area contributed by atoms with Gasteiger partial charge in [-0.05, 0) is 136 Å². The van der Waals surface area contributed by atoms with E-state index in [2.05, 4.69) is 156 Å². The van der Waals surface area contributed by atoms with Crippen LogP contribution in [0, 0.1) is 0 Å². The van der Waals surface area contributed by atoms with E-state index in [0.29, 0.717) is 0 Å². The van der Waals surface area contributed by atoms with Gasteiger partial charge in [0.05, 0.1) is 5.69 Å². The maximum atomic E-state index is 4.59. The zero-order chi connectivity index (χ0) is 33.6. The summed E-state index contributed by atoms with van der Waals surface area (Å²) < 4.78 is 0. The molecule has 0 saturated carbocycles. The van der Waals surface area contributed by atoms with Crippen molar-refractivity contribution in [3.63, 3.8) is 0 Å². The largest absolute Gasteiger partial charge is 0.311 e. The van der Waals surface area contributed by atoms with E-state index in [4.69, 9.17) is 0 Å². The van der Waals surface area contributed by atoms with Gasteiger partial charge in [0.2, 0.25) is 0 Å². The molecule has 2 heteroatoms. The number of allylic oxidation sites excluding steroid dienone is 7. The van der Waals surface area contributed by atoms with Gasteiger partial charge < -0.3 is 9.80 Å². The maximum absolute atomic E-state index is 4.59. The van der Waals surface area contributed by atoms with Crippen molar-refractivity contribution in [2.24, 2.45) is 0 Å². The minimum Gasteiger partial charge on any atom is -0.311 e. The second kappa shape index (κ2) is 12.5. The van der Waals surface area contributed by atoms with E-state index in [0.717, 1.165) is 49.9 Å². The Morgan fingerprint density at radius 1 is 0.640 bits per heavy atom. The predicted molar refractivity (Wildman–Crippen MR) is 216 cm³/mol. The number of aryl methyl sites for hydroxylation is 3. The number of benzene rings is 6. The third kappa shape index (κ3) is 5.11. The van der Waals surface area contributed by atoms with E-state index in [1.807, 2.05) is 12.2 Å². The van der Waals surface area contributed by atoms with Crippen LogP contribution in [0.2, 0.25) is 0 Å². The first kappa shape index (κ1) is 30.2. The van der Waals surface area contributed by atoms with Crippen LogP contribution >= 0.6 is 0 Å². The number of rotatable bonds is 8. The van der Waals surface area contributed by atoms with Crippen LogP contribution in [-0.4, -0.2) is 0 Å². The summed E-state index contributed by atoms with van der Waals surface area (Å²) in [5, 5.41) is 7.80. The van der Waals surface area contributed by atoms with Gasteiger partial charge in [-0.25, -0.2) is 0 Å². The van der Waals surface area contributed by atoms with E-state index < -0.39 is 0 Å². The molecule has 0 saturated heterocycles. The number of hydrogen-bond donors (Lipinski definition) is 0. The summed E-state index contributed by atoms with van der Waals surface area (Å²) in [7, 11) is 0. The van der Waals surface area contributed by atoms with Gasteiger partial charge in [-0.2, -0.15) is 0 Å². The van der Waals surface area contributed by atoms with Gasteiger partial charge in [0.1, 0.15) is 0 Å². The molecule has 6 aromatic carbocycles. The van der Waals surface area contributed by atoms with Crippen LogP contribution in [0.15, 0.2) is 164 Å². The lowest BCUT2D eigenvalue weighted by Gasteiger charge is -2.33.